The number of amides is 1. The van der Waals surface area contributed by atoms with E-state index in [0.717, 1.165) is 5.56 Å². The molecular weight excluding hydrogens is 378 g/mol. The van der Waals surface area contributed by atoms with Crippen LogP contribution in [0.5, 0.6) is 0 Å². The third-order valence-corrected chi connectivity index (χ3v) is 4.83. The largest absolute Gasteiger partial charge is 0.322 e. The van der Waals surface area contributed by atoms with Gasteiger partial charge in [0.25, 0.3) is 11.5 Å². The fraction of sp³-hybridized carbons (Fsp3) is 0.0833. The summed E-state index contributed by atoms with van der Waals surface area (Å²) in [5, 5.41) is 3.37. The standard InChI is InChI=1S/C24H19N3O3/c1-16(28)19-5-4-6-20(13-19)26-23(29)18-11-9-17(10-12-18)14-27-15-25-22-8-3-2-7-21(22)24(27)30/h2-13,15H,14H2,1H3,(H,26,29). The molecule has 0 aliphatic carbocycles. The monoisotopic (exact) mass is 397 g/mol. The van der Waals surface area contributed by atoms with Gasteiger partial charge in [-0.3, -0.25) is 19.0 Å². The molecule has 1 aromatic heterocycles. The van der Waals surface area contributed by atoms with Gasteiger partial charge in [0.05, 0.1) is 23.8 Å². The number of carbonyl (C=O) groups is 2. The van der Waals surface area contributed by atoms with Gasteiger partial charge >= 0.3 is 0 Å². The van der Waals surface area contributed by atoms with E-state index in [1.807, 2.05) is 24.3 Å². The average molecular weight is 397 g/mol. The van der Waals surface area contributed by atoms with Gasteiger partial charge in [-0.2, -0.15) is 0 Å². The molecule has 1 heterocycles. The molecule has 30 heavy (non-hydrogen) atoms. The maximum Gasteiger partial charge on any atom is 0.261 e. The molecule has 6 heteroatoms. The van der Waals surface area contributed by atoms with Gasteiger partial charge in [-0.05, 0) is 48.9 Å². The van der Waals surface area contributed by atoms with E-state index in [1.54, 1.807) is 53.1 Å². The molecule has 0 aliphatic rings. The van der Waals surface area contributed by atoms with Crippen molar-refractivity contribution in [2.24, 2.45) is 0 Å². The van der Waals surface area contributed by atoms with Crippen LogP contribution in [-0.4, -0.2) is 21.2 Å². The number of nitrogens with zero attached hydrogens (tertiary/aromatic N) is 2. The van der Waals surface area contributed by atoms with E-state index in [0.29, 0.717) is 34.3 Å². The minimum Gasteiger partial charge on any atom is -0.322 e. The Morgan fingerprint density at radius 2 is 1.70 bits per heavy atom. The average Bonchev–Trinajstić information content (AvgIpc) is 2.76. The Bertz CT molecular complexity index is 1310. The Morgan fingerprint density at radius 3 is 2.47 bits per heavy atom. The van der Waals surface area contributed by atoms with Crippen LogP contribution in [0.25, 0.3) is 10.9 Å². The highest BCUT2D eigenvalue weighted by molar-refractivity contribution is 6.05. The Balaban J connectivity index is 1.50. The highest BCUT2D eigenvalue weighted by Gasteiger charge is 2.09. The first-order valence-electron chi connectivity index (χ1n) is 9.47. The maximum atomic E-state index is 12.6. The van der Waals surface area contributed by atoms with E-state index in [9.17, 15) is 14.4 Å². The molecule has 3 aromatic carbocycles. The summed E-state index contributed by atoms with van der Waals surface area (Å²) < 4.78 is 1.55. The molecule has 0 saturated carbocycles. The second kappa shape index (κ2) is 8.13. The van der Waals surface area contributed by atoms with Gasteiger partial charge in [-0.25, -0.2) is 4.98 Å². The summed E-state index contributed by atoms with van der Waals surface area (Å²) in [6.07, 6.45) is 1.54. The summed E-state index contributed by atoms with van der Waals surface area (Å²) in [5.74, 6) is -0.333. The van der Waals surface area contributed by atoms with Gasteiger partial charge in [-0.1, -0.05) is 36.4 Å². The highest BCUT2D eigenvalue weighted by atomic mass is 16.2. The third kappa shape index (κ3) is 4.03. The fourth-order valence-electron chi connectivity index (χ4n) is 3.20. The zero-order chi connectivity index (χ0) is 21.1. The Morgan fingerprint density at radius 1 is 0.933 bits per heavy atom. The number of anilines is 1. The summed E-state index contributed by atoms with van der Waals surface area (Å²) >= 11 is 0. The molecule has 1 N–H and O–H groups in total. The number of Topliss-reactive ketones (excluding diaryl/α,β-unsaturated/α-hetero) is 1. The second-order valence-corrected chi connectivity index (χ2v) is 6.98. The lowest BCUT2D eigenvalue weighted by atomic mass is 10.1. The number of hydrogen-bond acceptors (Lipinski definition) is 4. The Kier molecular flexibility index (Phi) is 5.22. The van der Waals surface area contributed by atoms with Crippen LogP contribution in [0.4, 0.5) is 5.69 Å². The van der Waals surface area contributed by atoms with E-state index in [2.05, 4.69) is 10.3 Å². The van der Waals surface area contributed by atoms with Crippen molar-refractivity contribution < 1.29 is 9.59 Å². The molecule has 0 aliphatic heterocycles. The van der Waals surface area contributed by atoms with E-state index in [1.165, 1.54) is 13.3 Å². The fourth-order valence-corrected chi connectivity index (χ4v) is 3.20. The van der Waals surface area contributed by atoms with Crippen molar-refractivity contribution in [3.8, 4) is 0 Å². The van der Waals surface area contributed by atoms with Crippen LogP contribution in [0, 0.1) is 0 Å². The van der Waals surface area contributed by atoms with E-state index in [-0.39, 0.29) is 17.2 Å². The quantitative estimate of drug-likeness (QED) is 0.518. The maximum absolute atomic E-state index is 12.6. The first-order valence-corrected chi connectivity index (χ1v) is 9.47. The minimum absolute atomic E-state index is 0.0612. The third-order valence-electron chi connectivity index (χ3n) is 4.83. The lowest BCUT2D eigenvalue weighted by Gasteiger charge is -2.09. The molecule has 148 valence electrons. The van der Waals surface area contributed by atoms with Crippen LogP contribution in [-0.2, 0) is 6.54 Å². The SMILES string of the molecule is CC(=O)c1cccc(NC(=O)c2ccc(Cn3cnc4ccccc4c3=O)cc2)c1. The number of hydrogen-bond donors (Lipinski definition) is 1. The van der Waals surface area contributed by atoms with Crippen LogP contribution in [0.15, 0.2) is 83.9 Å². The zero-order valence-corrected chi connectivity index (χ0v) is 16.3. The molecule has 0 spiro atoms. The highest BCUT2D eigenvalue weighted by Crippen LogP contribution is 2.14. The summed E-state index contributed by atoms with van der Waals surface area (Å²) in [6, 6.07) is 21.1. The Hall–Kier alpha value is -4.06. The minimum atomic E-state index is -0.271. The number of fused-ring (bicyclic) bond motifs is 1. The van der Waals surface area contributed by atoms with Gasteiger partial charge in [0.1, 0.15) is 0 Å². The van der Waals surface area contributed by atoms with E-state index in [4.69, 9.17) is 0 Å². The number of carbonyl (C=O) groups excluding carboxylic acids is 2. The summed E-state index contributed by atoms with van der Waals surface area (Å²) in [5.41, 5.74) is 3.02. The van der Waals surface area contributed by atoms with Crippen molar-refractivity contribution in [1.29, 1.82) is 0 Å². The molecule has 0 unspecified atom stereocenters. The molecule has 1 amide bonds. The van der Waals surface area contributed by atoms with Gasteiger partial charge in [0.15, 0.2) is 5.78 Å². The smallest absolute Gasteiger partial charge is 0.261 e. The van der Waals surface area contributed by atoms with E-state index >= 15 is 0 Å². The molecule has 6 nitrogen and oxygen atoms in total. The van der Waals surface area contributed by atoms with Crippen molar-refractivity contribution in [3.63, 3.8) is 0 Å². The van der Waals surface area contributed by atoms with E-state index < -0.39 is 0 Å². The van der Waals surface area contributed by atoms with Crippen molar-refractivity contribution >= 4 is 28.3 Å². The Labute approximate surface area is 172 Å². The first-order chi connectivity index (χ1) is 14.5. The lowest BCUT2D eigenvalue weighted by molar-refractivity contribution is 0.101. The normalized spacial score (nSPS) is 10.7. The number of aromatic nitrogens is 2. The summed E-state index contributed by atoms with van der Waals surface area (Å²) in [6.45, 7) is 1.84. The zero-order valence-electron chi connectivity index (χ0n) is 16.3. The van der Waals surface area contributed by atoms with Crippen LogP contribution in [0.2, 0.25) is 0 Å². The second-order valence-electron chi connectivity index (χ2n) is 6.98. The van der Waals surface area contributed by atoms with Crippen LogP contribution < -0.4 is 10.9 Å². The topological polar surface area (TPSA) is 81.1 Å². The molecular formula is C24H19N3O3. The first kappa shape index (κ1) is 19.3. The van der Waals surface area contributed by atoms with Gasteiger partial charge in [0.2, 0.25) is 0 Å². The van der Waals surface area contributed by atoms with Crippen LogP contribution in [0.3, 0.4) is 0 Å². The molecule has 0 atom stereocenters. The number of benzene rings is 3. The van der Waals surface area contributed by atoms with Gasteiger partial charge in [0, 0.05) is 16.8 Å². The lowest BCUT2D eigenvalue weighted by Crippen LogP contribution is -2.21. The molecule has 0 radical (unpaired) electrons. The van der Waals surface area contributed by atoms with Crippen molar-refractivity contribution in [2.45, 2.75) is 13.5 Å². The van der Waals surface area contributed by atoms with Crippen molar-refractivity contribution in [3.05, 3.63) is 106 Å². The number of rotatable bonds is 5. The molecule has 4 aromatic rings. The predicted molar refractivity (Wildman–Crippen MR) is 116 cm³/mol. The molecule has 0 bridgehead atoms. The van der Waals surface area contributed by atoms with Crippen molar-refractivity contribution in [1.82, 2.24) is 9.55 Å². The summed E-state index contributed by atoms with van der Waals surface area (Å²) in [4.78, 5) is 40.9. The van der Waals surface area contributed by atoms with Gasteiger partial charge < -0.3 is 5.32 Å². The number of para-hydroxylation sites is 1. The molecule has 4 rings (SSSR count). The number of nitrogens with one attached hydrogen (secondary N) is 1. The number of ketones is 1. The van der Waals surface area contributed by atoms with Crippen LogP contribution >= 0.6 is 0 Å². The van der Waals surface area contributed by atoms with Crippen molar-refractivity contribution in [2.75, 3.05) is 5.32 Å². The van der Waals surface area contributed by atoms with Crippen LogP contribution in [0.1, 0.15) is 33.2 Å². The molecule has 0 fully saturated rings. The van der Waals surface area contributed by atoms with Gasteiger partial charge in [-0.15, -0.1) is 0 Å². The molecule has 0 saturated heterocycles. The predicted octanol–water partition coefficient (Wildman–Crippen LogP) is 3.90. The summed E-state index contributed by atoms with van der Waals surface area (Å²) in [7, 11) is 0.